The normalized spacial score (nSPS) is 10.5. The predicted octanol–water partition coefficient (Wildman–Crippen LogP) is 3.45. The Bertz CT molecular complexity index is 557. The van der Waals surface area contributed by atoms with Gasteiger partial charge in [-0.3, -0.25) is 10.1 Å². The minimum absolute atomic E-state index is 0.139. The van der Waals surface area contributed by atoms with Crippen LogP contribution in [0.1, 0.15) is 0 Å². The first-order valence-electron chi connectivity index (χ1n) is 3.98. The number of nitro groups is 1. The van der Waals surface area contributed by atoms with E-state index in [1.165, 1.54) is 12.3 Å². The van der Waals surface area contributed by atoms with Gasteiger partial charge in [0, 0.05) is 22.7 Å². The average Bonchev–Trinajstić information content (AvgIpc) is 2.18. The Morgan fingerprint density at radius 1 is 1.33 bits per heavy atom. The van der Waals surface area contributed by atoms with Gasteiger partial charge >= 0.3 is 0 Å². The van der Waals surface area contributed by atoms with Crippen molar-refractivity contribution in [2.75, 3.05) is 0 Å². The molecule has 0 spiro atoms. The van der Waals surface area contributed by atoms with Gasteiger partial charge in [-0.25, -0.2) is 4.98 Å². The van der Waals surface area contributed by atoms with Crippen LogP contribution >= 0.6 is 23.2 Å². The van der Waals surface area contributed by atoms with Gasteiger partial charge in [0.25, 0.3) is 5.69 Å². The Kier molecular flexibility index (Phi) is 2.46. The van der Waals surface area contributed by atoms with Crippen molar-refractivity contribution in [2.24, 2.45) is 0 Å². The largest absolute Gasteiger partial charge is 0.296 e. The van der Waals surface area contributed by atoms with Gasteiger partial charge in [0.05, 0.1) is 9.95 Å². The van der Waals surface area contributed by atoms with Gasteiger partial charge in [-0.1, -0.05) is 23.2 Å². The van der Waals surface area contributed by atoms with Crippen LogP contribution in [0.4, 0.5) is 5.69 Å². The summed E-state index contributed by atoms with van der Waals surface area (Å²) < 4.78 is 0. The molecule has 15 heavy (non-hydrogen) atoms. The van der Waals surface area contributed by atoms with E-state index in [0.29, 0.717) is 10.4 Å². The molecule has 0 amide bonds. The molecule has 0 N–H and O–H groups in total. The predicted molar refractivity (Wildman–Crippen MR) is 58.4 cm³/mol. The maximum atomic E-state index is 10.7. The molecule has 0 unspecified atom stereocenters. The summed E-state index contributed by atoms with van der Waals surface area (Å²) in [5.41, 5.74) is 0.108. The van der Waals surface area contributed by atoms with Crippen LogP contribution in [0.3, 0.4) is 0 Å². The first-order chi connectivity index (χ1) is 7.09. The fraction of sp³-hybridized carbons (Fsp3) is 0. The molecule has 6 heteroatoms. The number of benzene rings is 1. The summed E-state index contributed by atoms with van der Waals surface area (Å²) in [5.74, 6) is 0. The Morgan fingerprint density at radius 2 is 2.07 bits per heavy atom. The molecule has 0 atom stereocenters. The van der Waals surface area contributed by atoms with Gasteiger partial charge in [-0.2, -0.15) is 0 Å². The summed E-state index contributed by atoms with van der Waals surface area (Å²) in [7, 11) is 0. The minimum atomic E-state index is -0.530. The summed E-state index contributed by atoms with van der Waals surface area (Å²) in [6.45, 7) is 0. The maximum Gasteiger partial charge on any atom is 0.296 e. The van der Waals surface area contributed by atoms with Gasteiger partial charge in [-0.15, -0.1) is 0 Å². The van der Waals surface area contributed by atoms with Gasteiger partial charge in [-0.05, 0) is 12.1 Å². The second kappa shape index (κ2) is 3.64. The van der Waals surface area contributed by atoms with E-state index < -0.39 is 4.92 Å². The van der Waals surface area contributed by atoms with E-state index in [1.54, 1.807) is 12.1 Å². The third-order valence-electron chi connectivity index (χ3n) is 1.93. The topological polar surface area (TPSA) is 56.0 Å². The molecule has 1 heterocycles. The van der Waals surface area contributed by atoms with Crippen molar-refractivity contribution >= 4 is 39.8 Å². The summed E-state index contributed by atoms with van der Waals surface area (Å²) >= 11 is 11.6. The Balaban J connectivity index is 2.92. The first-order valence-corrected chi connectivity index (χ1v) is 4.73. The highest BCUT2D eigenvalue weighted by atomic mass is 35.5. The lowest BCUT2D eigenvalue weighted by molar-refractivity contribution is -0.383. The van der Waals surface area contributed by atoms with Gasteiger partial charge in [0.1, 0.15) is 5.52 Å². The summed E-state index contributed by atoms with van der Waals surface area (Å²) in [5, 5.41) is 11.9. The van der Waals surface area contributed by atoms with Crippen molar-refractivity contribution in [1.29, 1.82) is 0 Å². The molecule has 2 rings (SSSR count). The third-order valence-corrected chi connectivity index (χ3v) is 2.48. The molecule has 0 aliphatic carbocycles. The number of pyridine rings is 1. The zero-order valence-corrected chi connectivity index (χ0v) is 8.79. The quantitative estimate of drug-likeness (QED) is 0.569. The number of halogens is 2. The highest BCUT2D eigenvalue weighted by Gasteiger charge is 2.15. The number of rotatable bonds is 1. The fourth-order valence-electron chi connectivity index (χ4n) is 1.31. The SMILES string of the molecule is O=[N+]([O-])c1cc(Cl)cc2c(Cl)ccnc12. The van der Waals surface area contributed by atoms with Crippen LogP contribution in [0.25, 0.3) is 10.9 Å². The van der Waals surface area contributed by atoms with E-state index in [2.05, 4.69) is 4.98 Å². The second-order valence-corrected chi connectivity index (χ2v) is 3.71. The van der Waals surface area contributed by atoms with E-state index in [1.807, 2.05) is 0 Å². The molecule has 1 aromatic carbocycles. The van der Waals surface area contributed by atoms with Crippen LogP contribution < -0.4 is 0 Å². The molecule has 0 aliphatic rings. The monoisotopic (exact) mass is 242 g/mol. The van der Waals surface area contributed by atoms with Crippen LogP contribution in [-0.2, 0) is 0 Å². The lowest BCUT2D eigenvalue weighted by Crippen LogP contribution is -1.91. The van der Waals surface area contributed by atoms with Crippen LogP contribution in [0.5, 0.6) is 0 Å². The van der Waals surface area contributed by atoms with Crippen molar-refractivity contribution in [3.63, 3.8) is 0 Å². The zero-order chi connectivity index (χ0) is 11.0. The van der Waals surface area contributed by atoms with E-state index in [0.717, 1.165) is 0 Å². The molecule has 0 saturated carbocycles. The minimum Gasteiger partial charge on any atom is -0.258 e. The smallest absolute Gasteiger partial charge is 0.258 e. The van der Waals surface area contributed by atoms with Crippen LogP contribution in [0.2, 0.25) is 10.0 Å². The van der Waals surface area contributed by atoms with Crippen LogP contribution in [0, 0.1) is 10.1 Å². The van der Waals surface area contributed by atoms with Crippen LogP contribution in [-0.4, -0.2) is 9.91 Å². The number of hydrogen-bond acceptors (Lipinski definition) is 3. The van der Waals surface area contributed by atoms with Gasteiger partial charge in [0.2, 0.25) is 0 Å². The lowest BCUT2D eigenvalue weighted by Gasteiger charge is -2.01. The van der Waals surface area contributed by atoms with Crippen molar-refractivity contribution < 1.29 is 4.92 Å². The molecular weight excluding hydrogens is 239 g/mol. The number of nitrogens with zero attached hydrogens (tertiary/aromatic N) is 2. The van der Waals surface area contributed by atoms with Crippen molar-refractivity contribution in [3.05, 3.63) is 44.6 Å². The Hall–Kier alpha value is -1.39. The molecule has 1 aromatic heterocycles. The molecule has 0 bridgehead atoms. The van der Waals surface area contributed by atoms with E-state index in [4.69, 9.17) is 23.2 Å². The summed E-state index contributed by atoms with van der Waals surface area (Å²) in [4.78, 5) is 14.1. The number of aromatic nitrogens is 1. The van der Waals surface area contributed by atoms with E-state index >= 15 is 0 Å². The summed E-state index contributed by atoms with van der Waals surface area (Å²) in [6.07, 6.45) is 1.42. The number of hydrogen-bond donors (Lipinski definition) is 0. The standard InChI is InChI=1S/C9H4Cl2N2O2/c10-5-3-6-7(11)1-2-12-9(6)8(4-5)13(14)15/h1-4H. The van der Waals surface area contributed by atoms with Gasteiger partial charge in [0.15, 0.2) is 0 Å². The molecule has 0 saturated heterocycles. The van der Waals surface area contributed by atoms with Crippen molar-refractivity contribution in [3.8, 4) is 0 Å². The fourth-order valence-corrected chi connectivity index (χ4v) is 1.72. The molecule has 76 valence electrons. The van der Waals surface area contributed by atoms with Crippen molar-refractivity contribution in [2.45, 2.75) is 0 Å². The zero-order valence-electron chi connectivity index (χ0n) is 7.28. The highest BCUT2D eigenvalue weighted by Crippen LogP contribution is 2.31. The molecule has 2 aromatic rings. The molecule has 0 aliphatic heterocycles. The molecule has 4 nitrogen and oxygen atoms in total. The van der Waals surface area contributed by atoms with Crippen LogP contribution in [0.15, 0.2) is 24.4 Å². The Morgan fingerprint density at radius 3 is 2.73 bits per heavy atom. The van der Waals surface area contributed by atoms with Gasteiger partial charge < -0.3 is 0 Å². The molecular formula is C9H4Cl2N2O2. The molecule has 0 radical (unpaired) electrons. The van der Waals surface area contributed by atoms with E-state index in [-0.39, 0.29) is 16.2 Å². The maximum absolute atomic E-state index is 10.7. The highest BCUT2D eigenvalue weighted by molar-refractivity contribution is 6.37. The first kappa shape index (κ1) is 10.1. The number of non-ortho nitro benzene ring substituents is 1. The van der Waals surface area contributed by atoms with Crippen molar-refractivity contribution in [1.82, 2.24) is 4.98 Å². The summed E-state index contributed by atoms with van der Waals surface area (Å²) in [6, 6.07) is 4.37. The Labute approximate surface area is 94.6 Å². The number of nitro benzene ring substituents is 1. The lowest BCUT2D eigenvalue weighted by atomic mass is 10.2. The average molecular weight is 243 g/mol. The second-order valence-electron chi connectivity index (χ2n) is 2.87. The van der Waals surface area contributed by atoms with E-state index in [9.17, 15) is 10.1 Å². The molecule has 0 fully saturated rings. The third kappa shape index (κ3) is 1.73. The number of fused-ring (bicyclic) bond motifs is 1.